The number of benzene rings is 2. The van der Waals surface area contributed by atoms with E-state index in [1.807, 2.05) is 0 Å². The minimum atomic E-state index is -4.97. The van der Waals surface area contributed by atoms with E-state index in [0.717, 1.165) is 24.3 Å². The highest BCUT2D eigenvalue weighted by atomic mass is 19.4. The first-order chi connectivity index (χ1) is 15.3. The molecule has 172 valence electrons. The van der Waals surface area contributed by atoms with Crippen LogP contribution in [0.25, 0.3) is 0 Å². The van der Waals surface area contributed by atoms with Gasteiger partial charge in [0.15, 0.2) is 0 Å². The quantitative estimate of drug-likeness (QED) is 0.642. The van der Waals surface area contributed by atoms with Crippen LogP contribution in [-0.2, 0) is 11.0 Å². The lowest BCUT2D eigenvalue weighted by Crippen LogP contribution is -2.46. The fraction of sp³-hybridized carbons (Fsp3) is 0.286. The van der Waals surface area contributed by atoms with Gasteiger partial charge in [-0.2, -0.15) is 36.9 Å². The van der Waals surface area contributed by atoms with Gasteiger partial charge in [-0.1, -0.05) is 6.07 Å². The van der Waals surface area contributed by atoms with Gasteiger partial charge in [-0.3, -0.25) is 10.1 Å². The van der Waals surface area contributed by atoms with Crippen molar-refractivity contribution in [1.29, 1.82) is 10.5 Å². The van der Waals surface area contributed by atoms with Gasteiger partial charge in [0.1, 0.15) is 11.9 Å². The van der Waals surface area contributed by atoms with E-state index in [2.05, 4.69) is 10.6 Å². The summed E-state index contributed by atoms with van der Waals surface area (Å²) in [5.41, 5.74) is -2.88. The molecule has 1 amide bonds. The molecule has 1 aliphatic heterocycles. The van der Waals surface area contributed by atoms with Crippen LogP contribution in [-0.4, -0.2) is 24.2 Å². The normalized spacial score (nSPS) is 20.7. The van der Waals surface area contributed by atoms with Gasteiger partial charge in [0.05, 0.1) is 40.6 Å². The fourth-order valence-electron chi connectivity index (χ4n) is 3.66. The highest BCUT2D eigenvalue weighted by Crippen LogP contribution is 2.42. The van der Waals surface area contributed by atoms with Gasteiger partial charge in [-0.25, -0.2) is 4.39 Å². The van der Waals surface area contributed by atoms with E-state index in [0.29, 0.717) is 6.07 Å². The number of nitriles is 2. The summed E-state index contributed by atoms with van der Waals surface area (Å²) < 4.78 is 94.7. The number of hydrogen-bond acceptors (Lipinski definition) is 4. The Morgan fingerprint density at radius 1 is 1.03 bits per heavy atom. The van der Waals surface area contributed by atoms with Crippen molar-refractivity contribution in [3.05, 3.63) is 64.5 Å². The number of halogens is 7. The molecule has 2 aromatic rings. The monoisotopic (exact) mass is 470 g/mol. The second-order valence-corrected chi connectivity index (χ2v) is 7.29. The Morgan fingerprint density at radius 2 is 1.73 bits per heavy atom. The summed E-state index contributed by atoms with van der Waals surface area (Å²) in [6, 6.07) is 4.51. The molecule has 2 aromatic carbocycles. The number of anilines is 1. The van der Waals surface area contributed by atoms with E-state index >= 15 is 0 Å². The molecular formula is C21H13F7N4O. The van der Waals surface area contributed by atoms with Crippen LogP contribution in [0.1, 0.15) is 34.6 Å². The number of nitrogens with one attached hydrogen (secondary N) is 2. The molecular weight excluding hydrogens is 457 g/mol. The molecule has 0 radical (unpaired) electrons. The number of carbonyl (C=O) groups excluding carboxylic acids is 1. The van der Waals surface area contributed by atoms with E-state index in [1.54, 1.807) is 6.07 Å². The molecule has 0 saturated carbocycles. The molecule has 0 aliphatic carbocycles. The number of carbonyl (C=O) groups is 1. The van der Waals surface area contributed by atoms with Crippen molar-refractivity contribution in [2.75, 3.05) is 5.32 Å². The Labute approximate surface area is 182 Å². The molecule has 0 aromatic heterocycles. The topological polar surface area (TPSA) is 88.7 Å². The Balaban J connectivity index is 1.91. The number of hydrogen-bond donors (Lipinski definition) is 2. The van der Waals surface area contributed by atoms with E-state index in [4.69, 9.17) is 10.5 Å². The number of nitrogens with zero attached hydrogens (tertiary/aromatic N) is 2. The number of alkyl halides is 6. The zero-order valence-corrected chi connectivity index (χ0v) is 16.4. The Bertz CT molecular complexity index is 1160. The van der Waals surface area contributed by atoms with Crippen LogP contribution >= 0.6 is 0 Å². The van der Waals surface area contributed by atoms with Crippen molar-refractivity contribution in [3.63, 3.8) is 0 Å². The lowest BCUT2D eigenvalue weighted by Gasteiger charge is -2.23. The molecule has 0 spiro atoms. The Kier molecular flexibility index (Phi) is 6.34. The van der Waals surface area contributed by atoms with Crippen molar-refractivity contribution >= 4 is 11.6 Å². The van der Waals surface area contributed by atoms with Crippen LogP contribution in [0.15, 0.2) is 36.4 Å². The molecule has 1 fully saturated rings. The van der Waals surface area contributed by atoms with Gasteiger partial charge in [0.2, 0.25) is 5.91 Å². The average molecular weight is 470 g/mol. The summed E-state index contributed by atoms with van der Waals surface area (Å²) in [5, 5.41) is 21.8. The summed E-state index contributed by atoms with van der Waals surface area (Å²) in [6.45, 7) is 0. The summed E-state index contributed by atoms with van der Waals surface area (Å²) in [6.07, 6.45) is -10.4. The van der Waals surface area contributed by atoms with Gasteiger partial charge >= 0.3 is 12.4 Å². The number of amides is 1. The molecule has 5 nitrogen and oxygen atoms in total. The van der Waals surface area contributed by atoms with Crippen molar-refractivity contribution < 1.29 is 35.5 Å². The van der Waals surface area contributed by atoms with Crippen LogP contribution in [0.4, 0.5) is 36.4 Å². The first-order valence-corrected chi connectivity index (χ1v) is 9.29. The Hall–Kier alpha value is -3.64. The maximum atomic E-state index is 14.0. The lowest BCUT2D eigenvalue weighted by atomic mass is 9.88. The third kappa shape index (κ3) is 5.07. The van der Waals surface area contributed by atoms with E-state index in [-0.39, 0.29) is 16.8 Å². The maximum absolute atomic E-state index is 14.0. The molecule has 3 rings (SSSR count). The van der Waals surface area contributed by atoms with E-state index < -0.39 is 59.6 Å². The summed E-state index contributed by atoms with van der Waals surface area (Å²) in [4.78, 5) is 12.5. The molecule has 2 N–H and O–H groups in total. The SMILES string of the molecule is N#Cc1ccc(NC(=O)C2CC(c3ccc(C#N)c(C(F)(F)F)c3)C(C(F)(F)F)N2)c(F)c1. The van der Waals surface area contributed by atoms with Crippen molar-refractivity contribution in [2.45, 2.75) is 36.8 Å². The molecule has 1 heterocycles. The van der Waals surface area contributed by atoms with Gasteiger partial charge in [-0.05, 0) is 42.3 Å². The van der Waals surface area contributed by atoms with Crippen LogP contribution in [0.5, 0.6) is 0 Å². The second kappa shape index (κ2) is 8.71. The van der Waals surface area contributed by atoms with Crippen molar-refractivity contribution in [3.8, 4) is 12.1 Å². The predicted molar refractivity (Wildman–Crippen MR) is 100 cm³/mol. The highest BCUT2D eigenvalue weighted by Gasteiger charge is 2.52. The first kappa shape index (κ1) is 24.0. The average Bonchev–Trinajstić information content (AvgIpc) is 3.20. The second-order valence-electron chi connectivity index (χ2n) is 7.29. The minimum absolute atomic E-state index is 0.0389. The molecule has 3 atom stereocenters. The molecule has 33 heavy (non-hydrogen) atoms. The molecule has 1 saturated heterocycles. The van der Waals surface area contributed by atoms with Crippen LogP contribution < -0.4 is 10.6 Å². The smallest absolute Gasteiger partial charge is 0.322 e. The molecule has 3 unspecified atom stereocenters. The van der Waals surface area contributed by atoms with Gasteiger partial charge < -0.3 is 5.32 Å². The van der Waals surface area contributed by atoms with Crippen LogP contribution in [0.2, 0.25) is 0 Å². The van der Waals surface area contributed by atoms with Crippen LogP contribution in [0, 0.1) is 28.5 Å². The fourth-order valence-corrected chi connectivity index (χ4v) is 3.66. The van der Waals surface area contributed by atoms with Crippen molar-refractivity contribution in [1.82, 2.24) is 5.32 Å². The zero-order chi connectivity index (χ0) is 24.6. The predicted octanol–water partition coefficient (Wildman–Crippen LogP) is 4.60. The van der Waals surface area contributed by atoms with Gasteiger partial charge in [0.25, 0.3) is 0 Å². The maximum Gasteiger partial charge on any atom is 0.417 e. The summed E-state index contributed by atoms with van der Waals surface area (Å²) in [5.74, 6) is -3.58. The highest BCUT2D eigenvalue weighted by molar-refractivity contribution is 5.95. The summed E-state index contributed by atoms with van der Waals surface area (Å²) >= 11 is 0. The Morgan fingerprint density at radius 3 is 2.27 bits per heavy atom. The molecule has 12 heteroatoms. The third-order valence-corrected chi connectivity index (χ3v) is 5.20. The number of rotatable bonds is 3. The minimum Gasteiger partial charge on any atom is -0.322 e. The van der Waals surface area contributed by atoms with Crippen molar-refractivity contribution in [2.24, 2.45) is 0 Å². The third-order valence-electron chi connectivity index (χ3n) is 5.20. The zero-order valence-electron chi connectivity index (χ0n) is 16.4. The van der Waals surface area contributed by atoms with E-state index in [9.17, 15) is 35.5 Å². The largest absolute Gasteiger partial charge is 0.417 e. The molecule has 0 bridgehead atoms. The first-order valence-electron chi connectivity index (χ1n) is 9.29. The standard InChI is InChI=1S/C21H13F7N4O/c22-15-5-10(8-29)1-4-16(15)32-19(33)17-7-13(18(31-17)21(26,27)28)11-2-3-12(9-30)14(6-11)20(23,24)25/h1-6,13,17-18,31H,7H2,(H,32,33). The van der Waals surface area contributed by atoms with Gasteiger partial charge in [-0.15, -0.1) is 0 Å². The summed E-state index contributed by atoms with van der Waals surface area (Å²) in [7, 11) is 0. The van der Waals surface area contributed by atoms with E-state index in [1.165, 1.54) is 12.1 Å². The lowest BCUT2D eigenvalue weighted by molar-refractivity contribution is -0.156. The van der Waals surface area contributed by atoms with Crippen LogP contribution in [0.3, 0.4) is 0 Å². The molecule has 1 aliphatic rings. The van der Waals surface area contributed by atoms with Gasteiger partial charge in [0, 0.05) is 5.92 Å².